The third-order valence-corrected chi connectivity index (χ3v) is 3.34. The number of benzene rings is 1. The summed E-state index contributed by atoms with van der Waals surface area (Å²) in [6.45, 7) is 0. The van der Waals surface area contributed by atoms with E-state index in [1.807, 2.05) is 30.3 Å². The highest BCUT2D eigenvalue weighted by Gasteiger charge is 2.09. The van der Waals surface area contributed by atoms with Crippen LogP contribution >= 0.6 is 15.9 Å². The fraction of sp³-hybridized carbons (Fsp3) is 0. The van der Waals surface area contributed by atoms with Gasteiger partial charge in [0, 0.05) is 17.8 Å². The van der Waals surface area contributed by atoms with Crippen molar-refractivity contribution in [3.63, 3.8) is 0 Å². The number of nitrogens with zero attached hydrogens (tertiary/aromatic N) is 2. The monoisotopic (exact) mass is 327 g/mol. The number of hydrogen-bond donors (Lipinski definition) is 1. The van der Waals surface area contributed by atoms with Gasteiger partial charge in [0.05, 0.1) is 16.8 Å². The number of nitrogens with one attached hydrogen (secondary N) is 1. The normalized spacial score (nSPS) is 10.4. The fourth-order valence-corrected chi connectivity index (χ4v) is 2.14. The number of halogens is 1. The molecule has 20 heavy (non-hydrogen) atoms. The van der Waals surface area contributed by atoms with Crippen LogP contribution in [0.1, 0.15) is 10.4 Å². The highest BCUT2D eigenvalue weighted by Crippen LogP contribution is 2.21. The summed E-state index contributed by atoms with van der Waals surface area (Å²) in [5.74, 6) is -0.205. The van der Waals surface area contributed by atoms with Crippen LogP contribution in [0.25, 0.3) is 10.9 Å². The Labute approximate surface area is 124 Å². The van der Waals surface area contributed by atoms with E-state index < -0.39 is 0 Å². The summed E-state index contributed by atoms with van der Waals surface area (Å²) >= 11 is 3.24. The van der Waals surface area contributed by atoms with Crippen LogP contribution < -0.4 is 5.32 Å². The van der Waals surface area contributed by atoms with E-state index in [-0.39, 0.29) is 5.91 Å². The quantitative estimate of drug-likeness (QED) is 0.731. The lowest BCUT2D eigenvalue weighted by Gasteiger charge is -2.07. The van der Waals surface area contributed by atoms with Gasteiger partial charge >= 0.3 is 0 Å². The van der Waals surface area contributed by atoms with Crippen molar-refractivity contribution >= 4 is 38.4 Å². The highest BCUT2D eigenvalue weighted by atomic mass is 79.9. The number of amides is 1. The van der Waals surface area contributed by atoms with Gasteiger partial charge in [-0.15, -0.1) is 0 Å². The Hall–Kier alpha value is -2.27. The zero-order chi connectivity index (χ0) is 13.9. The van der Waals surface area contributed by atoms with Gasteiger partial charge in [-0.1, -0.05) is 18.2 Å². The van der Waals surface area contributed by atoms with Crippen LogP contribution in [-0.2, 0) is 0 Å². The molecule has 0 bridgehead atoms. The molecule has 0 atom stereocenters. The van der Waals surface area contributed by atoms with Crippen molar-refractivity contribution in [1.29, 1.82) is 0 Å². The van der Waals surface area contributed by atoms with Crippen molar-refractivity contribution in [3.05, 3.63) is 65.0 Å². The number of rotatable bonds is 2. The number of fused-ring (bicyclic) bond motifs is 1. The van der Waals surface area contributed by atoms with E-state index in [0.717, 1.165) is 10.9 Å². The van der Waals surface area contributed by atoms with Gasteiger partial charge in [0.15, 0.2) is 0 Å². The van der Waals surface area contributed by atoms with Crippen LogP contribution in [-0.4, -0.2) is 15.9 Å². The standard InChI is InChI=1S/C15H10BrN3O/c16-13-7-6-11(9-18-13)15(20)19-12-5-1-3-10-4-2-8-17-14(10)12/h1-9H,(H,19,20). The molecule has 1 aromatic carbocycles. The molecular formula is C15H10BrN3O. The fourth-order valence-electron chi connectivity index (χ4n) is 1.91. The average Bonchev–Trinajstić information content (AvgIpc) is 2.48. The first-order valence-electron chi connectivity index (χ1n) is 6.01. The minimum Gasteiger partial charge on any atom is -0.320 e. The Morgan fingerprint density at radius 1 is 1.05 bits per heavy atom. The molecule has 98 valence electrons. The molecule has 0 spiro atoms. The lowest BCUT2D eigenvalue weighted by atomic mass is 10.2. The van der Waals surface area contributed by atoms with Crippen LogP contribution in [0, 0.1) is 0 Å². The molecule has 2 heterocycles. The number of carbonyl (C=O) groups is 1. The second-order valence-electron chi connectivity index (χ2n) is 4.20. The summed E-state index contributed by atoms with van der Waals surface area (Å²) in [5, 5.41) is 3.85. The van der Waals surface area contributed by atoms with Crippen LogP contribution in [0.3, 0.4) is 0 Å². The van der Waals surface area contributed by atoms with E-state index in [0.29, 0.717) is 15.9 Å². The third kappa shape index (κ3) is 2.53. The molecule has 3 aromatic rings. The van der Waals surface area contributed by atoms with Crippen molar-refractivity contribution in [2.45, 2.75) is 0 Å². The first-order chi connectivity index (χ1) is 9.74. The number of aromatic nitrogens is 2. The van der Waals surface area contributed by atoms with Gasteiger partial charge in [-0.2, -0.15) is 0 Å². The van der Waals surface area contributed by atoms with Gasteiger partial charge in [0.1, 0.15) is 4.60 Å². The number of para-hydroxylation sites is 1. The molecule has 3 rings (SSSR count). The van der Waals surface area contributed by atoms with Crippen LogP contribution in [0.2, 0.25) is 0 Å². The van der Waals surface area contributed by atoms with Crippen molar-refractivity contribution in [2.24, 2.45) is 0 Å². The van der Waals surface area contributed by atoms with Gasteiger partial charge in [0.25, 0.3) is 5.91 Å². The number of anilines is 1. The summed E-state index contributed by atoms with van der Waals surface area (Å²) in [5.41, 5.74) is 1.96. The molecule has 0 saturated carbocycles. The Balaban J connectivity index is 1.93. The zero-order valence-corrected chi connectivity index (χ0v) is 12.0. The van der Waals surface area contributed by atoms with Crippen molar-refractivity contribution in [1.82, 2.24) is 9.97 Å². The van der Waals surface area contributed by atoms with Gasteiger partial charge in [0.2, 0.25) is 0 Å². The molecule has 1 N–H and O–H groups in total. The van der Waals surface area contributed by atoms with Gasteiger partial charge in [-0.05, 0) is 40.2 Å². The zero-order valence-electron chi connectivity index (χ0n) is 10.4. The maximum absolute atomic E-state index is 12.2. The van der Waals surface area contributed by atoms with Crippen LogP contribution in [0.5, 0.6) is 0 Å². The Morgan fingerprint density at radius 2 is 1.90 bits per heavy atom. The Morgan fingerprint density at radius 3 is 2.70 bits per heavy atom. The summed E-state index contributed by atoms with van der Waals surface area (Å²) in [6, 6.07) is 12.9. The largest absolute Gasteiger partial charge is 0.320 e. The van der Waals surface area contributed by atoms with Crippen molar-refractivity contribution in [2.75, 3.05) is 5.32 Å². The molecule has 4 nitrogen and oxygen atoms in total. The second-order valence-corrected chi connectivity index (χ2v) is 5.02. The van der Waals surface area contributed by atoms with Crippen molar-refractivity contribution < 1.29 is 4.79 Å². The smallest absolute Gasteiger partial charge is 0.257 e. The minimum atomic E-state index is -0.205. The summed E-state index contributed by atoms with van der Waals surface area (Å²) in [4.78, 5) is 20.5. The van der Waals surface area contributed by atoms with Gasteiger partial charge in [-0.3, -0.25) is 9.78 Å². The lowest BCUT2D eigenvalue weighted by Crippen LogP contribution is -2.12. The van der Waals surface area contributed by atoms with E-state index in [9.17, 15) is 4.79 Å². The molecule has 0 radical (unpaired) electrons. The van der Waals surface area contributed by atoms with E-state index in [1.165, 1.54) is 6.20 Å². The average molecular weight is 328 g/mol. The highest BCUT2D eigenvalue weighted by molar-refractivity contribution is 9.10. The SMILES string of the molecule is O=C(Nc1cccc2cccnc12)c1ccc(Br)nc1. The minimum absolute atomic E-state index is 0.205. The Kier molecular flexibility index (Phi) is 3.43. The predicted molar refractivity (Wildman–Crippen MR) is 81.6 cm³/mol. The van der Waals surface area contributed by atoms with E-state index in [4.69, 9.17) is 0 Å². The first-order valence-corrected chi connectivity index (χ1v) is 6.80. The number of hydrogen-bond acceptors (Lipinski definition) is 3. The van der Waals surface area contributed by atoms with Crippen molar-refractivity contribution in [3.8, 4) is 0 Å². The predicted octanol–water partition coefficient (Wildman–Crippen LogP) is 3.64. The van der Waals surface area contributed by atoms with Gasteiger partial charge < -0.3 is 5.32 Å². The molecule has 1 amide bonds. The summed E-state index contributed by atoms with van der Waals surface area (Å²) < 4.78 is 0.695. The van der Waals surface area contributed by atoms with E-state index in [2.05, 4.69) is 31.2 Å². The maximum Gasteiger partial charge on any atom is 0.257 e. The van der Waals surface area contributed by atoms with E-state index >= 15 is 0 Å². The van der Waals surface area contributed by atoms with Gasteiger partial charge in [-0.25, -0.2) is 4.98 Å². The molecule has 0 aliphatic carbocycles. The topological polar surface area (TPSA) is 54.9 Å². The summed E-state index contributed by atoms with van der Waals surface area (Å²) in [7, 11) is 0. The molecule has 2 aromatic heterocycles. The summed E-state index contributed by atoms with van der Waals surface area (Å²) in [6.07, 6.45) is 3.23. The molecule has 0 aliphatic rings. The third-order valence-electron chi connectivity index (χ3n) is 2.87. The molecule has 0 aliphatic heterocycles. The van der Waals surface area contributed by atoms with Crippen LogP contribution in [0.4, 0.5) is 5.69 Å². The second kappa shape index (κ2) is 5.38. The maximum atomic E-state index is 12.2. The first kappa shape index (κ1) is 12.7. The Bertz CT molecular complexity index is 766. The molecular weight excluding hydrogens is 318 g/mol. The lowest BCUT2D eigenvalue weighted by molar-refractivity contribution is 0.102. The molecule has 0 saturated heterocycles. The number of pyridine rings is 2. The number of carbonyl (C=O) groups excluding carboxylic acids is 1. The molecule has 5 heteroatoms. The molecule has 0 unspecified atom stereocenters. The van der Waals surface area contributed by atoms with Crippen LogP contribution in [0.15, 0.2) is 59.5 Å². The van der Waals surface area contributed by atoms with E-state index in [1.54, 1.807) is 18.3 Å². The molecule has 0 fully saturated rings.